The normalized spacial score (nSPS) is 19.1. The lowest BCUT2D eigenvalue weighted by molar-refractivity contribution is -0.114. The Kier molecular flexibility index (Phi) is 4.35. The Bertz CT molecular complexity index is 1030. The van der Waals surface area contributed by atoms with Gasteiger partial charge in [-0.1, -0.05) is 0 Å². The highest BCUT2D eigenvalue weighted by Gasteiger charge is 2.37. The highest BCUT2D eigenvalue weighted by atomic mass is 32.1. The number of fused-ring (bicyclic) bond motifs is 2. The fourth-order valence-corrected chi connectivity index (χ4v) is 6.05. The Labute approximate surface area is 163 Å². The summed E-state index contributed by atoms with van der Waals surface area (Å²) >= 11 is 2.99. The molecule has 0 aromatic carbocycles. The summed E-state index contributed by atoms with van der Waals surface area (Å²) < 4.78 is 1.03. The number of pyridine rings is 1. The first kappa shape index (κ1) is 17.9. The van der Waals surface area contributed by atoms with Crippen molar-refractivity contribution in [2.24, 2.45) is 0 Å². The van der Waals surface area contributed by atoms with Gasteiger partial charge in [0.05, 0.1) is 16.9 Å². The van der Waals surface area contributed by atoms with Crippen LogP contribution in [-0.2, 0) is 11.2 Å². The molecule has 2 amide bonds. The van der Waals surface area contributed by atoms with Crippen molar-refractivity contribution in [2.45, 2.75) is 39.3 Å². The second-order valence-electron chi connectivity index (χ2n) is 6.61. The van der Waals surface area contributed by atoms with Crippen molar-refractivity contribution in [1.29, 1.82) is 0 Å². The molecule has 2 atom stereocenters. The van der Waals surface area contributed by atoms with Crippen LogP contribution in [0.15, 0.2) is 18.5 Å². The molecular weight excluding hydrogens is 384 g/mol. The first-order chi connectivity index (χ1) is 12.9. The van der Waals surface area contributed by atoms with Crippen LogP contribution in [0, 0.1) is 0 Å². The van der Waals surface area contributed by atoms with E-state index in [1.165, 1.54) is 23.2 Å². The first-order valence-electron chi connectivity index (χ1n) is 8.52. The van der Waals surface area contributed by atoms with Gasteiger partial charge in [-0.05, 0) is 31.9 Å². The van der Waals surface area contributed by atoms with Gasteiger partial charge in [-0.3, -0.25) is 14.7 Å². The molecule has 0 radical (unpaired) electrons. The van der Waals surface area contributed by atoms with E-state index in [0.29, 0.717) is 6.42 Å². The summed E-state index contributed by atoms with van der Waals surface area (Å²) in [6, 6.07) is 1.49. The minimum atomic E-state index is -0.928. The molecule has 4 heterocycles. The molecule has 0 spiro atoms. The summed E-state index contributed by atoms with van der Waals surface area (Å²) in [7, 11) is 0. The van der Waals surface area contributed by atoms with Crippen LogP contribution >= 0.6 is 22.7 Å². The number of nitrogens with zero attached hydrogens (tertiary/aromatic N) is 3. The number of carboxylic acid groups (broad SMARTS) is 1. The number of carbonyl (C=O) groups is 2. The molecule has 0 unspecified atom stereocenters. The number of aromatic nitrogens is 2. The van der Waals surface area contributed by atoms with Crippen LogP contribution < -0.4 is 5.32 Å². The van der Waals surface area contributed by atoms with E-state index in [0.717, 1.165) is 36.2 Å². The number of rotatable bonds is 2. The summed E-state index contributed by atoms with van der Waals surface area (Å²) in [5.41, 5.74) is 2.80. The molecule has 0 saturated carbocycles. The minimum Gasteiger partial charge on any atom is -0.465 e. The van der Waals surface area contributed by atoms with Crippen LogP contribution in [0.25, 0.3) is 20.8 Å². The van der Waals surface area contributed by atoms with E-state index >= 15 is 0 Å². The van der Waals surface area contributed by atoms with Gasteiger partial charge < -0.3 is 10.4 Å². The number of thiophene rings is 1. The maximum Gasteiger partial charge on any atom is 0.408 e. The molecule has 7 nitrogen and oxygen atoms in total. The molecule has 2 N–H and O–H groups in total. The first-order valence-corrected chi connectivity index (χ1v) is 10.2. The maximum absolute atomic E-state index is 11.8. The zero-order valence-corrected chi connectivity index (χ0v) is 16.6. The standard InChI is InChI=1S/C18H18N4O3S2/c1-8-6-11-14(17-21-12-7-19-5-4-13(12)26-17)16(20-10(3)23)27-15(11)9(2)22(8)18(24)25/h4-5,7-9H,6H2,1-3H3,(H,20,23)(H,24,25)/t8-,9-/m0/s1. The molecule has 140 valence electrons. The molecule has 1 aliphatic heterocycles. The number of amides is 2. The van der Waals surface area contributed by atoms with Crippen LogP contribution in [0.5, 0.6) is 0 Å². The fourth-order valence-electron chi connectivity index (χ4n) is 3.64. The highest BCUT2D eigenvalue weighted by molar-refractivity contribution is 7.23. The van der Waals surface area contributed by atoms with Gasteiger partial charge in [0.2, 0.25) is 5.91 Å². The number of thiazole rings is 1. The third-order valence-corrected chi connectivity index (χ3v) is 7.10. The lowest BCUT2D eigenvalue weighted by Gasteiger charge is -2.36. The average Bonchev–Trinajstić information content (AvgIpc) is 3.14. The Hall–Kier alpha value is -2.52. The van der Waals surface area contributed by atoms with Gasteiger partial charge in [-0.15, -0.1) is 22.7 Å². The smallest absolute Gasteiger partial charge is 0.408 e. The van der Waals surface area contributed by atoms with Gasteiger partial charge in [0.25, 0.3) is 0 Å². The van der Waals surface area contributed by atoms with Gasteiger partial charge in [0, 0.05) is 29.6 Å². The second-order valence-corrected chi connectivity index (χ2v) is 8.69. The Morgan fingerprint density at radius 1 is 1.33 bits per heavy atom. The van der Waals surface area contributed by atoms with Gasteiger partial charge in [0.15, 0.2) is 0 Å². The summed E-state index contributed by atoms with van der Waals surface area (Å²) in [6.45, 7) is 5.28. The van der Waals surface area contributed by atoms with Gasteiger partial charge in [-0.2, -0.15) is 0 Å². The van der Waals surface area contributed by atoms with Crippen molar-refractivity contribution in [3.05, 3.63) is 28.9 Å². The predicted molar refractivity (Wildman–Crippen MR) is 106 cm³/mol. The summed E-state index contributed by atoms with van der Waals surface area (Å²) in [5.74, 6) is -0.159. The monoisotopic (exact) mass is 402 g/mol. The van der Waals surface area contributed by atoms with Crippen molar-refractivity contribution in [3.63, 3.8) is 0 Å². The summed E-state index contributed by atoms with van der Waals surface area (Å²) in [5, 5.41) is 14.0. The molecule has 4 rings (SSSR count). The zero-order valence-electron chi connectivity index (χ0n) is 15.0. The largest absolute Gasteiger partial charge is 0.465 e. The van der Waals surface area contributed by atoms with Crippen molar-refractivity contribution in [1.82, 2.24) is 14.9 Å². The molecule has 9 heteroatoms. The third kappa shape index (κ3) is 2.96. The van der Waals surface area contributed by atoms with Crippen molar-refractivity contribution in [2.75, 3.05) is 5.32 Å². The number of hydrogen-bond acceptors (Lipinski definition) is 6. The maximum atomic E-state index is 11.8. The average molecular weight is 403 g/mol. The molecule has 0 saturated heterocycles. The molecule has 0 aliphatic carbocycles. The van der Waals surface area contributed by atoms with Gasteiger partial charge in [0.1, 0.15) is 15.5 Å². The molecule has 0 bridgehead atoms. The highest BCUT2D eigenvalue weighted by Crippen LogP contribution is 2.49. The lowest BCUT2D eigenvalue weighted by atomic mass is 9.93. The Morgan fingerprint density at radius 3 is 2.78 bits per heavy atom. The number of carbonyl (C=O) groups excluding carboxylic acids is 1. The fraction of sp³-hybridized carbons (Fsp3) is 0.333. The second kappa shape index (κ2) is 6.58. The molecule has 3 aromatic heterocycles. The third-order valence-electron chi connectivity index (χ3n) is 4.72. The van der Waals surface area contributed by atoms with Gasteiger partial charge in [-0.25, -0.2) is 9.78 Å². The van der Waals surface area contributed by atoms with Crippen LogP contribution in [0.3, 0.4) is 0 Å². The molecule has 0 fully saturated rings. The van der Waals surface area contributed by atoms with E-state index < -0.39 is 6.09 Å². The predicted octanol–water partition coefficient (Wildman–Crippen LogP) is 4.36. The molecule has 1 aliphatic rings. The summed E-state index contributed by atoms with van der Waals surface area (Å²) in [6.07, 6.45) is 3.12. The van der Waals surface area contributed by atoms with E-state index in [1.54, 1.807) is 23.7 Å². The van der Waals surface area contributed by atoms with Crippen molar-refractivity contribution < 1.29 is 14.7 Å². The SMILES string of the molecule is CC(=O)Nc1sc2c(c1-c1nc3cnccc3s1)C[C@H](C)N(C(=O)O)[C@H]2C. The van der Waals surface area contributed by atoms with Crippen LogP contribution in [-0.4, -0.2) is 38.0 Å². The zero-order chi connectivity index (χ0) is 19.3. The Morgan fingerprint density at radius 2 is 2.11 bits per heavy atom. The van der Waals surface area contributed by atoms with E-state index in [4.69, 9.17) is 4.98 Å². The summed E-state index contributed by atoms with van der Waals surface area (Å²) in [4.78, 5) is 34.7. The van der Waals surface area contributed by atoms with Crippen molar-refractivity contribution >= 4 is 49.9 Å². The number of hydrogen-bond donors (Lipinski definition) is 2. The topological polar surface area (TPSA) is 95.4 Å². The molecule has 27 heavy (non-hydrogen) atoms. The Balaban J connectivity index is 1.91. The van der Waals surface area contributed by atoms with Gasteiger partial charge >= 0.3 is 6.09 Å². The minimum absolute atomic E-state index is 0.153. The van der Waals surface area contributed by atoms with Crippen LogP contribution in [0.4, 0.5) is 9.80 Å². The van der Waals surface area contributed by atoms with Crippen LogP contribution in [0.1, 0.15) is 37.3 Å². The van der Waals surface area contributed by atoms with E-state index in [2.05, 4.69) is 10.3 Å². The van der Waals surface area contributed by atoms with Crippen molar-refractivity contribution in [3.8, 4) is 10.6 Å². The number of nitrogens with one attached hydrogen (secondary N) is 1. The molecule has 3 aromatic rings. The van der Waals surface area contributed by atoms with E-state index in [9.17, 15) is 14.7 Å². The molecular formula is C18H18N4O3S2. The quantitative estimate of drug-likeness (QED) is 0.664. The van der Waals surface area contributed by atoms with E-state index in [-0.39, 0.29) is 18.0 Å². The van der Waals surface area contributed by atoms with Crippen LogP contribution in [0.2, 0.25) is 0 Å². The lowest BCUT2D eigenvalue weighted by Crippen LogP contribution is -2.43. The number of anilines is 1. The van der Waals surface area contributed by atoms with E-state index in [1.807, 2.05) is 19.9 Å².